The number of ether oxygens (including phenoxy) is 2. The van der Waals surface area contributed by atoms with Crippen molar-refractivity contribution in [1.29, 1.82) is 0 Å². The van der Waals surface area contributed by atoms with Gasteiger partial charge in [-0.15, -0.1) is 0 Å². The smallest absolute Gasteiger partial charge is 0.270 e. The SMILES string of the molecule is CCCOc1cc(Oc2ccccc2Cl)nc2ccc([N+](=O)[O-])cc12. The van der Waals surface area contributed by atoms with Crippen LogP contribution < -0.4 is 9.47 Å². The first-order valence-electron chi connectivity index (χ1n) is 7.73. The van der Waals surface area contributed by atoms with E-state index in [1.54, 1.807) is 36.4 Å². The molecule has 0 bridgehead atoms. The fourth-order valence-corrected chi connectivity index (χ4v) is 2.47. The maximum Gasteiger partial charge on any atom is 0.270 e. The summed E-state index contributed by atoms with van der Waals surface area (Å²) in [6.07, 6.45) is 0.805. The molecule has 0 N–H and O–H groups in total. The number of aromatic nitrogens is 1. The topological polar surface area (TPSA) is 74.5 Å². The molecule has 25 heavy (non-hydrogen) atoms. The molecule has 0 saturated heterocycles. The zero-order chi connectivity index (χ0) is 17.8. The first kappa shape index (κ1) is 17.0. The number of nitrogens with zero attached hydrogens (tertiary/aromatic N) is 2. The van der Waals surface area contributed by atoms with E-state index in [9.17, 15) is 10.1 Å². The number of fused-ring (bicyclic) bond motifs is 1. The Kier molecular flexibility index (Phi) is 5.00. The van der Waals surface area contributed by atoms with E-state index >= 15 is 0 Å². The van der Waals surface area contributed by atoms with Gasteiger partial charge in [-0.2, -0.15) is 0 Å². The number of nitro benzene ring substituents is 1. The van der Waals surface area contributed by atoms with Crippen LogP contribution in [0.3, 0.4) is 0 Å². The third-order valence-electron chi connectivity index (χ3n) is 3.45. The van der Waals surface area contributed by atoms with Crippen molar-refractivity contribution in [2.45, 2.75) is 13.3 Å². The summed E-state index contributed by atoms with van der Waals surface area (Å²) in [7, 11) is 0. The molecule has 3 aromatic rings. The average Bonchev–Trinajstić information content (AvgIpc) is 2.61. The molecule has 7 heteroatoms. The Hall–Kier alpha value is -2.86. The first-order chi connectivity index (χ1) is 12.1. The lowest BCUT2D eigenvalue weighted by atomic mass is 10.2. The van der Waals surface area contributed by atoms with Crippen LogP contribution >= 0.6 is 11.6 Å². The van der Waals surface area contributed by atoms with Crippen molar-refractivity contribution in [3.63, 3.8) is 0 Å². The van der Waals surface area contributed by atoms with Crippen LogP contribution in [0.2, 0.25) is 5.02 Å². The van der Waals surface area contributed by atoms with E-state index in [2.05, 4.69) is 4.98 Å². The number of nitro groups is 1. The summed E-state index contributed by atoms with van der Waals surface area (Å²) >= 11 is 6.11. The van der Waals surface area contributed by atoms with Crippen molar-refractivity contribution in [3.8, 4) is 17.4 Å². The van der Waals surface area contributed by atoms with Crippen molar-refractivity contribution >= 4 is 28.2 Å². The molecule has 0 aliphatic rings. The minimum absolute atomic E-state index is 0.0181. The van der Waals surface area contributed by atoms with Gasteiger partial charge < -0.3 is 9.47 Å². The van der Waals surface area contributed by atoms with Crippen molar-refractivity contribution in [3.05, 3.63) is 63.7 Å². The molecule has 6 nitrogen and oxygen atoms in total. The summed E-state index contributed by atoms with van der Waals surface area (Å²) in [4.78, 5) is 15.0. The Bertz CT molecular complexity index is 930. The molecule has 0 fully saturated rings. The highest BCUT2D eigenvalue weighted by atomic mass is 35.5. The highest BCUT2D eigenvalue weighted by Gasteiger charge is 2.14. The molecular weight excluding hydrogens is 344 g/mol. The summed E-state index contributed by atoms with van der Waals surface area (Å²) < 4.78 is 11.5. The largest absolute Gasteiger partial charge is 0.493 e. The molecule has 3 rings (SSSR count). The zero-order valence-electron chi connectivity index (χ0n) is 13.4. The van der Waals surface area contributed by atoms with Crippen LogP contribution in [0.15, 0.2) is 48.5 Å². The Morgan fingerprint density at radius 3 is 2.68 bits per heavy atom. The number of benzene rings is 2. The Balaban J connectivity index is 2.06. The van der Waals surface area contributed by atoms with E-state index in [0.717, 1.165) is 6.42 Å². The van der Waals surface area contributed by atoms with Gasteiger partial charge in [0.15, 0.2) is 0 Å². The van der Waals surface area contributed by atoms with Crippen LogP contribution in [-0.4, -0.2) is 16.5 Å². The van der Waals surface area contributed by atoms with Gasteiger partial charge in [0.05, 0.1) is 22.1 Å². The van der Waals surface area contributed by atoms with Crippen LogP contribution in [0, 0.1) is 10.1 Å². The van der Waals surface area contributed by atoms with E-state index in [4.69, 9.17) is 21.1 Å². The molecule has 0 aliphatic carbocycles. The molecule has 128 valence electrons. The number of halogens is 1. The van der Waals surface area contributed by atoms with Gasteiger partial charge in [0, 0.05) is 23.6 Å². The Morgan fingerprint density at radius 1 is 1.16 bits per heavy atom. The third kappa shape index (κ3) is 3.80. The number of non-ortho nitro benzene ring substituents is 1. The lowest BCUT2D eigenvalue weighted by Gasteiger charge is -2.12. The summed E-state index contributed by atoms with van der Waals surface area (Å²) in [5, 5.41) is 12.0. The van der Waals surface area contributed by atoms with Gasteiger partial charge in [-0.3, -0.25) is 10.1 Å². The zero-order valence-corrected chi connectivity index (χ0v) is 14.2. The minimum atomic E-state index is -0.447. The van der Waals surface area contributed by atoms with Crippen LogP contribution in [-0.2, 0) is 0 Å². The van der Waals surface area contributed by atoms with E-state index < -0.39 is 4.92 Å². The molecule has 0 radical (unpaired) electrons. The molecule has 1 heterocycles. The van der Waals surface area contributed by atoms with Gasteiger partial charge in [-0.05, 0) is 24.6 Å². The van der Waals surface area contributed by atoms with Gasteiger partial charge in [-0.1, -0.05) is 30.7 Å². The van der Waals surface area contributed by atoms with Gasteiger partial charge in [0.1, 0.15) is 11.5 Å². The molecular formula is C18H15ClN2O4. The number of rotatable bonds is 6. The first-order valence-corrected chi connectivity index (χ1v) is 8.10. The van der Waals surface area contributed by atoms with Gasteiger partial charge in [-0.25, -0.2) is 4.98 Å². The molecule has 0 aliphatic heterocycles. The second-order valence-electron chi connectivity index (χ2n) is 5.30. The molecule has 0 unspecified atom stereocenters. The molecule has 0 atom stereocenters. The number of hydrogen-bond acceptors (Lipinski definition) is 5. The summed E-state index contributed by atoms with van der Waals surface area (Å²) in [5.74, 6) is 1.26. The third-order valence-corrected chi connectivity index (χ3v) is 3.77. The summed E-state index contributed by atoms with van der Waals surface area (Å²) in [6, 6.07) is 13.1. The standard InChI is InChI=1S/C18H15ClN2O4/c1-2-9-24-17-11-18(25-16-6-4-3-5-14(16)19)20-15-8-7-12(21(22)23)10-13(15)17/h3-8,10-11H,2,9H2,1H3. The quantitative estimate of drug-likeness (QED) is 0.437. The van der Waals surface area contributed by atoms with E-state index in [0.29, 0.717) is 39.9 Å². The number of para-hydroxylation sites is 1. The fraction of sp³-hybridized carbons (Fsp3) is 0.167. The fourth-order valence-electron chi connectivity index (χ4n) is 2.30. The van der Waals surface area contributed by atoms with Crippen LogP contribution in [0.1, 0.15) is 13.3 Å². The van der Waals surface area contributed by atoms with E-state index in [1.807, 2.05) is 6.92 Å². The summed E-state index contributed by atoms with van der Waals surface area (Å²) in [6.45, 7) is 2.46. The second-order valence-corrected chi connectivity index (χ2v) is 5.71. The Labute approximate surface area is 149 Å². The average molecular weight is 359 g/mol. The maximum atomic E-state index is 11.0. The summed E-state index contributed by atoms with van der Waals surface area (Å²) in [5.41, 5.74) is 0.525. The van der Waals surface area contributed by atoms with E-state index in [1.165, 1.54) is 12.1 Å². The minimum Gasteiger partial charge on any atom is -0.493 e. The Morgan fingerprint density at radius 2 is 1.96 bits per heavy atom. The molecule has 0 spiro atoms. The normalized spacial score (nSPS) is 10.6. The molecule has 0 amide bonds. The predicted molar refractivity (Wildman–Crippen MR) is 95.7 cm³/mol. The molecule has 2 aromatic carbocycles. The maximum absolute atomic E-state index is 11.0. The van der Waals surface area contributed by atoms with Crippen LogP contribution in [0.4, 0.5) is 5.69 Å². The lowest BCUT2D eigenvalue weighted by Crippen LogP contribution is -1.99. The van der Waals surface area contributed by atoms with Crippen LogP contribution in [0.25, 0.3) is 10.9 Å². The van der Waals surface area contributed by atoms with Gasteiger partial charge in [0.25, 0.3) is 5.69 Å². The van der Waals surface area contributed by atoms with Gasteiger partial charge in [0.2, 0.25) is 5.88 Å². The second kappa shape index (κ2) is 7.36. The van der Waals surface area contributed by atoms with Crippen molar-refractivity contribution < 1.29 is 14.4 Å². The number of hydrogen-bond donors (Lipinski definition) is 0. The van der Waals surface area contributed by atoms with Crippen molar-refractivity contribution in [1.82, 2.24) is 4.98 Å². The predicted octanol–water partition coefficient (Wildman–Crippen LogP) is 5.38. The van der Waals surface area contributed by atoms with E-state index in [-0.39, 0.29) is 5.69 Å². The van der Waals surface area contributed by atoms with Crippen molar-refractivity contribution in [2.24, 2.45) is 0 Å². The molecule has 1 aromatic heterocycles. The highest BCUT2D eigenvalue weighted by molar-refractivity contribution is 6.32. The monoisotopic (exact) mass is 358 g/mol. The highest BCUT2D eigenvalue weighted by Crippen LogP contribution is 2.34. The van der Waals surface area contributed by atoms with Crippen molar-refractivity contribution in [2.75, 3.05) is 6.61 Å². The molecule has 0 saturated carbocycles. The van der Waals surface area contributed by atoms with Gasteiger partial charge >= 0.3 is 0 Å². The lowest BCUT2D eigenvalue weighted by molar-refractivity contribution is -0.384. The number of pyridine rings is 1. The van der Waals surface area contributed by atoms with Crippen LogP contribution in [0.5, 0.6) is 17.4 Å².